The van der Waals surface area contributed by atoms with Gasteiger partial charge in [0.15, 0.2) is 0 Å². The molecule has 0 aliphatic carbocycles. The number of primary amides is 1. The molecule has 1 amide bonds. The van der Waals surface area contributed by atoms with E-state index in [1.54, 1.807) is 0 Å². The van der Waals surface area contributed by atoms with Crippen LogP contribution in [0, 0.1) is 5.92 Å². The lowest BCUT2D eigenvalue weighted by atomic mass is 10.1. The molecule has 4 heteroatoms. The van der Waals surface area contributed by atoms with Crippen LogP contribution in [0.3, 0.4) is 0 Å². The van der Waals surface area contributed by atoms with Crippen LogP contribution in [0.25, 0.3) is 10.9 Å². The first kappa shape index (κ1) is 14.6. The van der Waals surface area contributed by atoms with Crippen molar-refractivity contribution in [1.82, 2.24) is 9.88 Å². The van der Waals surface area contributed by atoms with Crippen molar-refractivity contribution in [3.63, 3.8) is 0 Å². The zero-order valence-electron chi connectivity index (χ0n) is 12.2. The number of aromatic nitrogens is 1. The predicted octanol–water partition coefficient (Wildman–Crippen LogP) is 2.26. The SMILES string of the molecule is CCCNCc1cn(CC(C)C(N)=O)c2ccccc12. The van der Waals surface area contributed by atoms with Gasteiger partial charge in [0.05, 0.1) is 5.92 Å². The molecule has 1 atom stereocenters. The van der Waals surface area contributed by atoms with Crippen LogP contribution in [-0.2, 0) is 17.9 Å². The number of amides is 1. The molecule has 0 fully saturated rings. The maximum absolute atomic E-state index is 11.3. The third-order valence-electron chi connectivity index (χ3n) is 3.57. The van der Waals surface area contributed by atoms with E-state index in [9.17, 15) is 4.79 Å². The van der Waals surface area contributed by atoms with Crippen molar-refractivity contribution < 1.29 is 4.79 Å². The maximum atomic E-state index is 11.3. The summed E-state index contributed by atoms with van der Waals surface area (Å²) in [5.74, 6) is -0.421. The zero-order chi connectivity index (χ0) is 14.5. The lowest BCUT2D eigenvalue weighted by molar-refractivity contribution is -0.121. The molecule has 0 bridgehead atoms. The summed E-state index contributed by atoms with van der Waals surface area (Å²) in [6.45, 7) is 6.52. The molecule has 20 heavy (non-hydrogen) atoms. The molecule has 0 aliphatic rings. The Bertz CT molecular complexity index is 588. The molecule has 2 rings (SSSR count). The van der Waals surface area contributed by atoms with E-state index in [1.807, 2.05) is 19.1 Å². The van der Waals surface area contributed by atoms with Gasteiger partial charge in [-0.1, -0.05) is 32.0 Å². The van der Waals surface area contributed by atoms with Gasteiger partial charge in [-0.05, 0) is 24.6 Å². The smallest absolute Gasteiger partial charge is 0.222 e. The van der Waals surface area contributed by atoms with Gasteiger partial charge in [-0.25, -0.2) is 0 Å². The lowest BCUT2D eigenvalue weighted by Crippen LogP contribution is -2.24. The summed E-state index contributed by atoms with van der Waals surface area (Å²) in [5, 5.41) is 4.67. The highest BCUT2D eigenvalue weighted by Crippen LogP contribution is 2.22. The summed E-state index contributed by atoms with van der Waals surface area (Å²) in [4.78, 5) is 11.3. The van der Waals surface area contributed by atoms with E-state index < -0.39 is 0 Å². The first-order chi connectivity index (χ1) is 9.63. The second-order valence-corrected chi connectivity index (χ2v) is 5.30. The number of nitrogens with one attached hydrogen (secondary N) is 1. The van der Waals surface area contributed by atoms with Gasteiger partial charge in [-0.2, -0.15) is 0 Å². The summed E-state index contributed by atoms with van der Waals surface area (Å²) in [6.07, 6.45) is 3.25. The van der Waals surface area contributed by atoms with Crippen LogP contribution in [0.5, 0.6) is 0 Å². The van der Waals surface area contributed by atoms with Crippen LogP contribution in [0.4, 0.5) is 0 Å². The topological polar surface area (TPSA) is 60.1 Å². The number of hydrogen-bond donors (Lipinski definition) is 2. The van der Waals surface area contributed by atoms with Gasteiger partial charge in [0.25, 0.3) is 0 Å². The standard InChI is InChI=1S/C16H23N3O/c1-3-8-18-9-13-11-19(10-12(2)16(17)20)15-7-5-4-6-14(13)15/h4-7,11-12,18H,3,8-10H2,1-2H3,(H2,17,20). The summed E-state index contributed by atoms with van der Waals surface area (Å²) in [7, 11) is 0. The maximum Gasteiger partial charge on any atom is 0.222 e. The fraction of sp³-hybridized carbons (Fsp3) is 0.438. The number of hydrogen-bond acceptors (Lipinski definition) is 2. The van der Waals surface area contributed by atoms with E-state index in [0.29, 0.717) is 6.54 Å². The van der Waals surface area contributed by atoms with Crippen molar-refractivity contribution in [3.05, 3.63) is 36.0 Å². The third kappa shape index (κ3) is 3.20. The van der Waals surface area contributed by atoms with E-state index in [4.69, 9.17) is 5.73 Å². The average Bonchev–Trinajstić information content (AvgIpc) is 2.78. The Labute approximate surface area is 120 Å². The second kappa shape index (κ2) is 6.57. The molecule has 1 aromatic heterocycles. The average molecular weight is 273 g/mol. The lowest BCUT2D eigenvalue weighted by Gasteiger charge is -2.09. The van der Waals surface area contributed by atoms with E-state index in [-0.39, 0.29) is 11.8 Å². The minimum Gasteiger partial charge on any atom is -0.369 e. The summed E-state index contributed by atoms with van der Waals surface area (Å²) < 4.78 is 2.13. The molecule has 0 spiro atoms. The molecule has 108 valence electrons. The van der Waals surface area contributed by atoms with Crippen molar-refractivity contribution in [2.24, 2.45) is 11.7 Å². The van der Waals surface area contributed by atoms with Crippen molar-refractivity contribution in [1.29, 1.82) is 0 Å². The Morgan fingerprint density at radius 3 is 2.85 bits per heavy atom. The van der Waals surface area contributed by atoms with Gasteiger partial charge in [-0.3, -0.25) is 4.79 Å². The van der Waals surface area contributed by atoms with Crippen molar-refractivity contribution in [2.45, 2.75) is 33.4 Å². The highest BCUT2D eigenvalue weighted by molar-refractivity contribution is 5.84. The van der Waals surface area contributed by atoms with E-state index >= 15 is 0 Å². The summed E-state index contributed by atoms with van der Waals surface area (Å²) in [5.41, 5.74) is 7.80. The monoisotopic (exact) mass is 273 g/mol. The molecule has 1 aromatic carbocycles. The van der Waals surface area contributed by atoms with Gasteiger partial charge in [-0.15, -0.1) is 0 Å². The number of carbonyl (C=O) groups is 1. The van der Waals surface area contributed by atoms with Crippen molar-refractivity contribution in [2.75, 3.05) is 6.54 Å². The molecule has 3 N–H and O–H groups in total. The highest BCUT2D eigenvalue weighted by atomic mass is 16.1. The quantitative estimate of drug-likeness (QED) is 0.760. The first-order valence-electron chi connectivity index (χ1n) is 7.20. The Morgan fingerprint density at radius 2 is 2.15 bits per heavy atom. The van der Waals surface area contributed by atoms with E-state index in [2.05, 4.69) is 35.1 Å². The molecular formula is C16H23N3O. The van der Waals surface area contributed by atoms with Gasteiger partial charge in [0.1, 0.15) is 0 Å². The van der Waals surface area contributed by atoms with Gasteiger partial charge in [0.2, 0.25) is 5.91 Å². The van der Waals surface area contributed by atoms with Crippen LogP contribution in [0.1, 0.15) is 25.8 Å². The Balaban J connectivity index is 2.28. The number of carbonyl (C=O) groups excluding carboxylic acids is 1. The van der Waals surface area contributed by atoms with Crippen LogP contribution >= 0.6 is 0 Å². The zero-order valence-corrected chi connectivity index (χ0v) is 12.2. The number of para-hydroxylation sites is 1. The van der Waals surface area contributed by atoms with Gasteiger partial charge >= 0.3 is 0 Å². The molecule has 1 unspecified atom stereocenters. The number of fused-ring (bicyclic) bond motifs is 1. The number of rotatable bonds is 7. The normalized spacial score (nSPS) is 12.7. The highest BCUT2D eigenvalue weighted by Gasteiger charge is 2.13. The minimum atomic E-state index is -0.256. The molecular weight excluding hydrogens is 250 g/mol. The minimum absolute atomic E-state index is 0.165. The van der Waals surface area contributed by atoms with E-state index in [1.165, 1.54) is 10.9 Å². The van der Waals surface area contributed by atoms with Crippen LogP contribution < -0.4 is 11.1 Å². The molecule has 0 radical (unpaired) electrons. The van der Waals surface area contributed by atoms with Gasteiger partial charge in [0, 0.05) is 30.2 Å². The van der Waals surface area contributed by atoms with Crippen LogP contribution in [-0.4, -0.2) is 17.0 Å². The largest absolute Gasteiger partial charge is 0.369 e. The number of benzene rings is 1. The van der Waals surface area contributed by atoms with Crippen LogP contribution in [0.2, 0.25) is 0 Å². The van der Waals surface area contributed by atoms with Crippen LogP contribution in [0.15, 0.2) is 30.5 Å². The molecule has 1 heterocycles. The Morgan fingerprint density at radius 1 is 1.40 bits per heavy atom. The van der Waals surface area contributed by atoms with E-state index in [0.717, 1.165) is 25.0 Å². The molecule has 2 aromatic rings. The molecule has 4 nitrogen and oxygen atoms in total. The molecule has 0 saturated carbocycles. The Kier molecular flexibility index (Phi) is 4.79. The predicted molar refractivity (Wildman–Crippen MR) is 82.3 cm³/mol. The fourth-order valence-electron chi connectivity index (χ4n) is 2.40. The molecule has 0 saturated heterocycles. The summed E-state index contributed by atoms with van der Waals surface area (Å²) >= 11 is 0. The van der Waals surface area contributed by atoms with Crippen molar-refractivity contribution in [3.8, 4) is 0 Å². The molecule has 0 aliphatic heterocycles. The van der Waals surface area contributed by atoms with Gasteiger partial charge < -0.3 is 15.6 Å². The second-order valence-electron chi connectivity index (χ2n) is 5.30. The third-order valence-corrected chi connectivity index (χ3v) is 3.57. The number of nitrogens with two attached hydrogens (primary N) is 1. The first-order valence-corrected chi connectivity index (χ1v) is 7.20. The number of nitrogens with zero attached hydrogens (tertiary/aromatic N) is 1. The van der Waals surface area contributed by atoms with Crippen molar-refractivity contribution >= 4 is 16.8 Å². The Hall–Kier alpha value is -1.81. The fourth-order valence-corrected chi connectivity index (χ4v) is 2.40. The summed E-state index contributed by atoms with van der Waals surface area (Å²) in [6, 6.07) is 8.29.